The summed E-state index contributed by atoms with van der Waals surface area (Å²) in [5.41, 5.74) is 1.13. The molecule has 2 aromatic rings. The van der Waals surface area contributed by atoms with Crippen molar-refractivity contribution in [2.75, 3.05) is 0 Å². The minimum atomic E-state index is -0.666. The Kier molecular flexibility index (Phi) is 3.24. The molecule has 0 spiro atoms. The lowest BCUT2D eigenvalue weighted by atomic mass is 9.68. The Hall–Kier alpha value is -1.84. The summed E-state index contributed by atoms with van der Waals surface area (Å²) in [6.07, 6.45) is 8.11. The number of imidazole rings is 1. The van der Waals surface area contributed by atoms with E-state index in [2.05, 4.69) is 11.9 Å². The number of hydrogen-bond donors (Lipinski definition) is 1. The smallest absolute Gasteiger partial charge is 0.310 e. The van der Waals surface area contributed by atoms with Crippen molar-refractivity contribution in [3.05, 3.63) is 36.3 Å². The Morgan fingerprint density at radius 2 is 2.40 bits per heavy atom. The highest BCUT2D eigenvalue weighted by Crippen LogP contribution is 2.42. The van der Waals surface area contributed by atoms with Gasteiger partial charge in [-0.25, -0.2) is 4.98 Å². The third-order valence-corrected chi connectivity index (χ3v) is 4.48. The molecule has 0 saturated heterocycles. The van der Waals surface area contributed by atoms with Crippen LogP contribution in [0.4, 0.5) is 0 Å². The number of carboxylic acids is 1. The fourth-order valence-electron chi connectivity index (χ4n) is 3.51. The van der Waals surface area contributed by atoms with Crippen LogP contribution in [0.25, 0.3) is 5.65 Å². The van der Waals surface area contributed by atoms with Crippen LogP contribution in [0.1, 0.15) is 38.3 Å². The maximum Gasteiger partial charge on any atom is 0.310 e. The summed E-state index contributed by atoms with van der Waals surface area (Å²) in [6.45, 7) is 2.15. The van der Waals surface area contributed by atoms with E-state index < -0.39 is 11.4 Å². The molecule has 4 heteroatoms. The highest BCUT2D eigenvalue weighted by molar-refractivity contribution is 5.75. The van der Waals surface area contributed by atoms with Gasteiger partial charge in [-0.3, -0.25) is 4.79 Å². The predicted octanol–water partition coefficient (Wildman–Crippen LogP) is 3.16. The monoisotopic (exact) mass is 272 g/mol. The molecule has 20 heavy (non-hydrogen) atoms. The molecular formula is C16H20N2O2. The van der Waals surface area contributed by atoms with Crippen LogP contribution in [0, 0.1) is 11.3 Å². The van der Waals surface area contributed by atoms with E-state index in [-0.39, 0.29) is 0 Å². The molecule has 2 unspecified atom stereocenters. The van der Waals surface area contributed by atoms with Crippen LogP contribution in [0.15, 0.2) is 30.6 Å². The summed E-state index contributed by atoms with van der Waals surface area (Å²) in [4.78, 5) is 16.4. The zero-order valence-corrected chi connectivity index (χ0v) is 11.7. The van der Waals surface area contributed by atoms with Gasteiger partial charge in [0.15, 0.2) is 0 Å². The highest BCUT2D eigenvalue weighted by atomic mass is 16.4. The van der Waals surface area contributed by atoms with Gasteiger partial charge in [0.25, 0.3) is 0 Å². The average molecular weight is 272 g/mol. The molecule has 2 aromatic heterocycles. The Labute approximate surface area is 118 Å². The van der Waals surface area contributed by atoms with E-state index in [9.17, 15) is 9.90 Å². The standard InChI is InChI=1S/C16H20N2O2/c1-12-5-4-7-16(9-12,15(19)20)10-13-11-18-8-3-2-6-14(18)17-13/h2-3,6,8,11-12H,4-5,7,9-10H2,1H3,(H,19,20). The van der Waals surface area contributed by atoms with E-state index in [0.717, 1.165) is 37.0 Å². The Balaban J connectivity index is 1.91. The van der Waals surface area contributed by atoms with Crippen molar-refractivity contribution in [2.45, 2.75) is 39.0 Å². The molecule has 4 nitrogen and oxygen atoms in total. The molecule has 0 bridgehead atoms. The van der Waals surface area contributed by atoms with Crippen LogP contribution in [0.3, 0.4) is 0 Å². The Morgan fingerprint density at radius 3 is 3.10 bits per heavy atom. The molecule has 1 N–H and O–H groups in total. The van der Waals surface area contributed by atoms with Gasteiger partial charge in [0.1, 0.15) is 5.65 Å². The Bertz CT molecular complexity index is 601. The van der Waals surface area contributed by atoms with Crippen LogP contribution in [-0.4, -0.2) is 20.5 Å². The van der Waals surface area contributed by atoms with Crippen molar-refractivity contribution in [3.8, 4) is 0 Å². The first-order valence-electron chi connectivity index (χ1n) is 7.25. The number of rotatable bonds is 3. The van der Waals surface area contributed by atoms with Crippen molar-refractivity contribution < 1.29 is 9.90 Å². The quantitative estimate of drug-likeness (QED) is 0.933. The predicted molar refractivity (Wildman–Crippen MR) is 76.6 cm³/mol. The van der Waals surface area contributed by atoms with Crippen molar-refractivity contribution in [1.82, 2.24) is 9.38 Å². The number of carbonyl (C=O) groups is 1. The lowest BCUT2D eigenvalue weighted by molar-refractivity contribution is -0.152. The SMILES string of the molecule is CC1CCCC(Cc2cn3ccccc3n2)(C(=O)O)C1. The molecule has 0 aliphatic heterocycles. The molecule has 0 amide bonds. The van der Waals surface area contributed by atoms with Gasteiger partial charge in [0.05, 0.1) is 11.1 Å². The lowest BCUT2D eigenvalue weighted by Gasteiger charge is -2.36. The summed E-state index contributed by atoms with van der Waals surface area (Å²) in [6, 6.07) is 5.84. The van der Waals surface area contributed by atoms with Gasteiger partial charge in [-0.15, -0.1) is 0 Å². The van der Waals surface area contributed by atoms with E-state index in [1.807, 2.05) is 35.0 Å². The van der Waals surface area contributed by atoms with Crippen molar-refractivity contribution >= 4 is 11.6 Å². The average Bonchev–Trinajstić information content (AvgIpc) is 2.80. The van der Waals surface area contributed by atoms with Crippen LogP contribution >= 0.6 is 0 Å². The second kappa shape index (κ2) is 4.93. The van der Waals surface area contributed by atoms with Gasteiger partial charge in [-0.2, -0.15) is 0 Å². The fraction of sp³-hybridized carbons (Fsp3) is 0.500. The van der Waals surface area contributed by atoms with Gasteiger partial charge in [0.2, 0.25) is 0 Å². The van der Waals surface area contributed by atoms with Crippen molar-refractivity contribution in [1.29, 1.82) is 0 Å². The van der Waals surface area contributed by atoms with Crippen molar-refractivity contribution in [3.63, 3.8) is 0 Å². The number of fused-ring (bicyclic) bond motifs is 1. The summed E-state index contributed by atoms with van der Waals surface area (Å²) in [7, 11) is 0. The minimum absolute atomic E-state index is 0.483. The molecule has 0 aromatic carbocycles. The van der Waals surface area contributed by atoms with E-state index in [1.165, 1.54) is 0 Å². The molecule has 0 radical (unpaired) electrons. The molecule has 1 saturated carbocycles. The number of nitrogens with zero attached hydrogens (tertiary/aromatic N) is 2. The molecule has 1 aliphatic rings. The van der Waals surface area contributed by atoms with E-state index in [0.29, 0.717) is 12.3 Å². The number of carboxylic acid groups (broad SMARTS) is 1. The first-order valence-corrected chi connectivity index (χ1v) is 7.25. The van der Waals surface area contributed by atoms with Gasteiger partial charge >= 0.3 is 5.97 Å². The third-order valence-electron chi connectivity index (χ3n) is 4.48. The zero-order chi connectivity index (χ0) is 14.2. The zero-order valence-electron chi connectivity index (χ0n) is 11.7. The first kappa shape index (κ1) is 13.2. The molecule has 1 fully saturated rings. The molecule has 1 aliphatic carbocycles. The van der Waals surface area contributed by atoms with Gasteiger partial charge < -0.3 is 9.51 Å². The Morgan fingerprint density at radius 1 is 1.55 bits per heavy atom. The van der Waals surface area contributed by atoms with Crippen molar-refractivity contribution in [2.24, 2.45) is 11.3 Å². The number of aliphatic carboxylic acids is 1. The second-order valence-corrected chi connectivity index (χ2v) is 6.16. The maximum atomic E-state index is 11.8. The number of aromatic nitrogens is 2. The summed E-state index contributed by atoms with van der Waals surface area (Å²) < 4.78 is 1.96. The molecule has 2 heterocycles. The fourth-order valence-corrected chi connectivity index (χ4v) is 3.51. The van der Waals surface area contributed by atoms with E-state index >= 15 is 0 Å². The third kappa shape index (κ3) is 2.30. The molecule has 106 valence electrons. The topological polar surface area (TPSA) is 54.6 Å². The summed E-state index contributed by atoms with van der Waals surface area (Å²) in [5, 5.41) is 9.71. The van der Waals surface area contributed by atoms with E-state index in [4.69, 9.17) is 0 Å². The summed E-state index contributed by atoms with van der Waals surface area (Å²) in [5.74, 6) is -0.182. The largest absolute Gasteiger partial charge is 0.481 e. The molecule has 2 atom stereocenters. The lowest BCUT2D eigenvalue weighted by Crippen LogP contribution is -2.38. The minimum Gasteiger partial charge on any atom is -0.481 e. The molecular weight excluding hydrogens is 252 g/mol. The normalized spacial score (nSPS) is 26.8. The second-order valence-electron chi connectivity index (χ2n) is 6.16. The highest BCUT2D eigenvalue weighted by Gasteiger charge is 2.42. The molecule has 3 rings (SSSR count). The van der Waals surface area contributed by atoms with Gasteiger partial charge in [0, 0.05) is 18.8 Å². The number of hydrogen-bond acceptors (Lipinski definition) is 2. The number of pyridine rings is 1. The van der Waals surface area contributed by atoms with Gasteiger partial charge in [-0.05, 0) is 30.9 Å². The van der Waals surface area contributed by atoms with Crippen LogP contribution in [-0.2, 0) is 11.2 Å². The van der Waals surface area contributed by atoms with E-state index in [1.54, 1.807) is 0 Å². The van der Waals surface area contributed by atoms with Crippen LogP contribution in [0.2, 0.25) is 0 Å². The van der Waals surface area contributed by atoms with Gasteiger partial charge in [-0.1, -0.05) is 25.8 Å². The maximum absolute atomic E-state index is 11.8. The van der Waals surface area contributed by atoms with Crippen LogP contribution in [0.5, 0.6) is 0 Å². The summed E-state index contributed by atoms with van der Waals surface area (Å²) >= 11 is 0. The first-order chi connectivity index (χ1) is 9.59. The van der Waals surface area contributed by atoms with Crippen LogP contribution < -0.4 is 0 Å².